The minimum absolute atomic E-state index is 0.254. The number of phenolic OH excluding ortho intramolecular Hbond substituents is 1. The minimum Gasteiger partial charge on any atom is -0.508 e. The van der Waals surface area contributed by atoms with Crippen LogP contribution in [0.25, 0.3) is 0 Å². The van der Waals surface area contributed by atoms with Gasteiger partial charge in [-0.1, -0.05) is 0 Å². The first-order chi connectivity index (χ1) is 8.87. The smallest absolute Gasteiger partial charge is 0.116 e. The second-order valence-electron chi connectivity index (χ2n) is 5.37. The fourth-order valence-electron chi connectivity index (χ4n) is 1.88. The maximum absolute atomic E-state index is 9.62. The van der Waals surface area contributed by atoms with Crippen LogP contribution in [0.4, 0.5) is 5.69 Å². The molecule has 1 aromatic rings. The van der Waals surface area contributed by atoms with Crippen LogP contribution in [0.5, 0.6) is 5.75 Å². The summed E-state index contributed by atoms with van der Waals surface area (Å²) in [4.78, 5) is 6.61. The highest BCUT2D eigenvalue weighted by Gasteiger charge is 2.10. The van der Waals surface area contributed by atoms with E-state index in [-0.39, 0.29) is 11.3 Å². The zero-order chi connectivity index (χ0) is 14.5. The van der Waals surface area contributed by atoms with Crippen LogP contribution >= 0.6 is 0 Å². The maximum Gasteiger partial charge on any atom is 0.116 e. The van der Waals surface area contributed by atoms with Gasteiger partial charge in [0.2, 0.25) is 0 Å². The Labute approximate surface area is 116 Å². The summed E-state index contributed by atoms with van der Waals surface area (Å²) in [5.74, 6) is 0.254. The molecule has 0 aliphatic carbocycles. The van der Waals surface area contributed by atoms with E-state index in [0.29, 0.717) is 6.54 Å². The molecule has 0 radical (unpaired) electrons. The Balaban J connectivity index is 3.00. The third kappa shape index (κ3) is 4.91. The number of hydrogen-bond donors (Lipinski definition) is 2. The van der Waals surface area contributed by atoms with Crippen molar-refractivity contribution in [1.82, 2.24) is 0 Å². The van der Waals surface area contributed by atoms with Gasteiger partial charge in [0.15, 0.2) is 0 Å². The number of aliphatic imine (C=N–C) groups is 1. The Morgan fingerprint density at radius 2 is 1.95 bits per heavy atom. The van der Waals surface area contributed by atoms with Crippen LogP contribution in [0.1, 0.15) is 33.3 Å². The minimum atomic E-state index is -0.317. The lowest BCUT2D eigenvalue weighted by Gasteiger charge is -2.23. The van der Waals surface area contributed by atoms with Gasteiger partial charge in [-0.25, -0.2) is 0 Å². The topological polar surface area (TPSA) is 61.8 Å². The average Bonchev–Trinajstić information content (AvgIpc) is 2.31. The van der Waals surface area contributed by atoms with Gasteiger partial charge in [-0.05, 0) is 45.9 Å². The van der Waals surface area contributed by atoms with Gasteiger partial charge in [0, 0.05) is 36.1 Å². The van der Waals surface area contributed by atoms with Crippen molar-refractivity contribution in [1.29, 1.82) is 0 Å². The van der Waals surface area contributed by atoms with Gasteiger partial charge in [0.05, 0.1) is 6.54 Å². The molecule has 0 unspecified atom stereocenters. The molecule has 4 nitrogen and oxygen atoms in total. The second kappa shape index (κ2) is 6.57. The highest BCUT2D eigenvalue weighted by Crippen LogP contribution is 2.23. The van der Waals surface area contributed by atoms with Crippen molar-refractivity contribution in [2.75, 3.05) is 24.5 Å². The summed E-state index contributed by atoms with van der Waals surface area (Å²) < 4.78 is 0. The zero-order valence-electron chi connectivity index (χ0n) is 12.3. The van der Waals surface area contributed by atoms with Crippen LogP contribution in [0, 0.1) is 0 Å². The van der Waals surface area contributed by atoms with Gasteiger partial charge in [0.25, 0.3) is 0 Å². The third-order valence-corrected chi connectivity index (χ3v) is 2.84. The van der Waals surface area contributed by atoms with E-state index in [9.17, 15) is 5.11 Å². The van der Waals surface area contributed by atoms with Crippen LogP contribution < -0.4 is 10.6 Å². The number of phenols is 1. The number of nitrogens with zero attached hydrogens (tertiary/aromatic N) is 2. The van der Waals surface area contributed by atoms with Gasteiger partial charge in [-0.2, -0.15) is 0 Å². The number of anilines is 1. The van der Waals surface area contributed by atoms with Gasteiger partial charge in [0.1, 0.15) is 5.75 Å². The molecule has 106 valence electrons. The van der Waals surface area contributed by atoms with Crippen molar-refractivity contribution >= 4 is 11.9 Å². The Morgan fingerprint density at radius 3 is 2.47 bits per heavy atom. The molecule has 0 saturated heterocycles. The first-order valence-corrected chi connectivity index (χ1v) is 6.74. The van der Waals surface area contributed by atoms with Crippen LogP contribution in [0.2, 0.25) is 0 Å². The zero-order valence-corrected chi connectivity index (χ0v) is 12.3. The fourth-order valence-corrected chi connectivity index (χ4v) is 1.88. The molecule has 0 heterocycles. The van der Waals surface area contributed by atoms with E-state index in [1.54, 1.807) is 18.3 Å². The second-order valence-corrected chi connectivity index (χ2v) is 5.37. The van der Waals surface area contributed by atoms with Crippen molar-refractivity contribution in [2.24, 2.45) is 10.7 Å². The summed E-state index contributed by atoms with van der Waals surface area (Å²) in [6.07, 6.45) is 1.79. The van der Waals surface area contributed by atoms with Crippen molar-refractivity contribution in [3.63, 3.8) is 0 Å². The molecule has 1 aromatic carbocycles. The molecule has 0 aromatic heterocycles. The van der Waals surface area contributed by atoms with Crippen molar-refractivity contribution < 1.29 is 5.11 Å². The first-order valence-electron chi connectivity index (χ1n) is 6.74. The lowest BCUT2D eigenvalue weighted by Crippen LogP contribution is -2.35. The molecule has 0 aliphatic rings. The summed E-state index contributed by atoms with van der Waals surface area (Å²) in [5, 5.41) is 9.62. The molecule has 1 rings (SSSR count). The van der Waals surface area contributed by atoms with Crippen molar-refractivity contribution in [3.8, 4) is 5.75 Å². The predicted octanol–water partition coefficient (Wildman–Crippen LogP) is 2.39. The first kappa shape index (κ1) is 15.5. The van der Waals surface area contributed by atoms with E-state index in [1.807, 2.05) is 19.9 Å². The molecule has 0 spiro atoms. The molecular weight excluding hydrogens is 238 g/mol. The van der Waals surface area contributed by atoms with E-state index in [0.717, 1.165) is 24.3 Å². The number of nitrogens with two attached hydrogens (primary N) is 1. The van der Waals surface area contributed by atoms with E-state index >= 15 is 0 Å². The number of aromatic hydroxyl groups is 1. The van der Waals surface area contributed by atoms with Gasteiger partial charge < -0.3 is 15.7 Å². The number of rotatable bonds is 6. The SMILES string of the molecule is CCN(CC)c1ccc(O)cc1C=NCC(C)(C)N. The molecule has 3 N–H and O–H groups in total. The summed E-state index contributed by atoms with van der Waals surface area (Å²) in [7, 11) is 0. The number of benzene rings is 1. The van der Waals surface area contributed by atoms with E-state index in [2.05, 4.69) is 23.7 Å². The Morgan fingerprint density at radius 1 is 1.32 bits per heavy atom. The van der Waals surface area contributed by atoms with Crippen LogP contribution in [-0.4, -0.2) is 36.5 Å². The Hall–Kier alpha value is -1.55. The third-order valence-electron chi connectivity index (χ3n) is 2.84. The van der Waals surface area contributed by atoms with Crippen LogP contribution in [0.3, 0.4) is 0 Å². The summed E-state index contributed by atoms with van der Waals surface area (Å²) >= 11 is 0. The molecule has 19 heavy (non-hydrogen) atoms. The van der Waals surface area contributed by atoms with Gasteiger partial charge >= 0.3 is 0 Å². The van der Waals surface area contributed by atoms with Crippen LogP contribution in [-0.2, 0) is 0 Å². The van der Waals surface area contributed by atoms with Crippen molar-refractivity contribution in [2.45, 2.75) is 33.2 Å². The van der Waals surface area contributed by atoms with E-state index in [4.69, 9.17) is 5.73 Å². The average molecular weight is 263 g/mol. The quantitative estimate of drug-likeness (QED) is 0.775. The predicted molar refractivity (Wildman–Crippen MR) is 82.4 cm³/mol. The maximum atomic E-state index is 9.62. The van der Waals surface area contributed by atoms with Crippen molar-refractivity contribution in [3.05, 3.63) is 23.8 Å². The van der Waals surface area contributed by atoms with Gasteiger partial charge in [-0.15, -0.1) is 0 Å². The highest BCUT2D eigenvalue weighted by atomic mass is 16.3. The summed E-state index contributed by atoms with van der Waals surface area (Å²) in [6.45, 7) is 10.5. The lowest BCUT2D eigenvalue weighted by atomic mass is 10.1. The van der Waals surface area contributed by atoms with Crippen LogP contribution in [0.15, 0.2) is 23.2 Å². The molecule has 0 bridgehead atoms. The molecule has 4 heteroatoms. The molecule has 0 saturated carbocycles. The lowest BCUT2D eigenvalue weighted by molar-refractivity contribution is 0.475. The van der Waals surface area contributed by atoms with Gasteiger partial charge in [-0.3, -0.25) is 4.99 Å². The monoisotopic (exact) mass is 263 g/mol. The molecular formula is C15H25N3O. The number of hydrogen-bond acceptors (Lipinski definition) is 4. The standard InChI is InChI=1S/C15H25N3O/c1-5-18(6-2)14-8-7-13(19)9-12(14)10-17-11-15(3,4)16/h7-10,19H,5-6,11,16H2,1-4H3. The molecule has 0 amide bonds. The highest BCUT2D eigenvalue weighted by molar-refractivity contribution is 5.88. The van der Waals surface area contributed by atoms with E-state index < -0.39 is 0 Å². The largest absolute Gasteiger partial charge is 0.508 e. The molecule has 0 atom stereocenters. The Kier molecular flexibility index (Phi) is 5.36. The molecule has 0 aliphatic heterocycles. The molecule has 0 fully saturated rings. The normalized spacial score (nSPS) is 12.1. The summed E-state index contributed by atoms with van der Waals surface area (Å²) in [5.41, 5.74) is 7.60. The van der Waals surface area contributed by atoms with E-state index in [1.165, 1.54) is 0 Å². The Bertz CT molecular complexity index is 432. The summed E-state index contributed by atoms with van der Waals surface area (Å²) in [6, 6.07) is 5.37. The fraction of sp³-hybridized carbons (Fsp3) is 0.533.